The fourth-order valence-electron chi connectivity index (χ4n) is 1.85. The van der Waals surface area contributed by atoms with Gasteiger partial charge in [-0.05, 0) is 18.2 Å². The number of nitriles is 1. The van der Waals surface area contributed by atoms with Crippen molar-refractivity contribution in [1.29, 1.82) is 5.26 Å². The molecule has 0 fully saturated rings. The molecule has 0 saturated heterocycles. The second-order valence-corrected chi connectivity index (χ2v) is 4.15. The molecule has 3 rings (SSSR count). The van der Waals surface area contributed by atoms with Crippen molar-refractivity contribution in [2.24, 2.45) is 0 Å². The summed E-state index contributed by atoms with van der Waals surface area (Å²) in [7, 11) is 0. The van der Waals surface area contributed by atoms with Gasteiger partial charge in [0.1, 0.15) is 17.5 Å². The number of rotatable bonds is 2. The molecular formula is C15H10N4O. The van der Waals surface area contributed by atoms with Crippen molar-refractivity contribution in [3.8, 4) is 17.7 Å². The third-order valence-corrected chi connectivity index (χ3v) is 2.85. The third-order valence-electron chi connectivity index (χ3n) is 2.85. The highest BCUT2D eigenvalue weighted by Crippen LogP contribution is 2.28. The van der Waals surface area contributed by atoms with Crippen LogP contribution in [0, 0.1) is 11.3 Å². The van der Waals surface area contributed by atoms with Crippen LogP contribution in [0.2, 0.25) is 0 Å². The maximum absolute atomic E-state index is 8.92. The summed E-state index contributed by atoms with van der Waals surface area (Å²) >= 11 is 0. The number of para-hydroxylation sites is 1. The van der Waals surface area contributed by atoms with Gasteiger partial charge in [-0.15, -0.1) is 0 Å². The summed E-state index contributed by atoms with van der Waals surface area (Å²) in [6, 6.07) is 13.1. The van der Waals surface area contributed by atoms with Gasteiger partial charge in [-0.3, -0.25) is 4.98 Å². The molecule has 0 unspecified atom stereocenters. The van der Waals surface area contributed by atoms with Gasteiger partial charge in [-0.2, -0.15) is 5.26 Å². The van der Waals surface area contributed by atoms with E-state index in [4.69, 9.17) is 15.7 Å². The van der Waals surface area contributed by atoms with Crippen molar-refractivity contribution in [3.63, 3.8) is 0 Å². The van der Waals surface area contributed by atoms with E-state index >= 15 is 0 Å². The van der Waals surface area contributed by atoms with Crippen molar-refractivity contribution >= 4 is 16.6 Å². The molecule has 0 spiro atoms. The zero-order chi connectivity index (χ0) is 13.9. The number of nitrogens with zero attached hydrogens (tertiary/aromatic N) is 3. The smallest absolute Gasteiger partial charge is 0.244 e. The highest BCUT2D eigenvalue weighted by molar-refractivity contribution is 5.79. The minimum absolute atomic E-state index is 0.209. The monoisotopic (exact) mass is 262 g/mol. The number of hydrogen-bond acceptors (Lipinski definition) is 5. The fourth-order valence-corrected chi connectivity index (χ4v) is 1.85. The van der Waals surface area contributed by atoms with Gasteiger partial charge in [0.15, 0.2) is 0 Å². The van der Waals surface area contributed by atoms with Crippen molar-refractivity contribution in [3.05, 3.63) is 54.4 Å². The van der Waals surface area contributed by atoms with Crippen LogP contribution in [0.1, 0.15) is 5.56 Å². The minimum Gasteiger partial charge on any atom is -0.435 e. The van der Waals surface area contributed by atoms with E-state index in [1.165, 1.54) is 6.20 Å². The molecule has 3 aromatic rings. The van der Waals surface area contributed by atoms with Crippen LogP contribution >= 0.6 is 0 Å². The first-order valence-corrected chi connectivity index (χ1v) is 5.95. The molecule has 1 aromatic carbocycles. The Balaban J connectivity index is 1.99. The lowest BCUT2D eigenvalue weighted by Gasteiger charge is -2.08. The van der Waals surface area contributed by atoms with Crippen LogP contribution in [0.15, 0.2) is 48.8 Å². The fraction of sp³-hybridized carbons (Fsp3) is 0. The Morgan fingerprint density at radius 3 is 2.85 bits per heavy atom. The van der Waals surface area contributed by atoms with Gasteiger partial charge in [-0.25, -0.2) is 4.98 Å². The number of benzene rings is 1. The largest absolute Gasteiger partial charge is 0.435 e. The van der Waals surface area contributed by atoms with Gasteiger partial charge >= 0.3 is 0 Å². The number of anilines is 1. The first-order valence-electron chi connectivity index (χ1n) is 5.95. The number of nitrogens with two attached hydrogens (primary N) is 1. The Morgan fingerprint density at radius 1 is 1.15 bits per heavy atom. The molecule has 0 bridgehead atoms. The molecule has 0 aliphatic rings. The Labute approximate surface area is 115 Å². The summed E-state index contributed by atoms with van der Waals surface area (Å²) in [5, 5.41) is 9.88. The van der Waals surface area contributed by atoms with Gasteiger partial charge in [0, 0.05) is 11.6 Å². The van der Waals surface area contributed by atoms with Gasteiger partial charge in [-0.1, -0.05) is 18.2 Å². The highest BCUT2D eigenvalue weighted by atomic mass is 16.5. The standard InChI is InChI=1S/C15H10N4O/c16-8-11-5-6-18-15(14(11)17)20-12-7-10-3-1-2-4-13(10)19-9-12/h1-7,9H,17H2. The average Bonchev–Trinajstić information content (AvgIpc) is 2.49. The molecule has 0 atom stereocenters. The molecule has 0 radical (unpaired) electrons. The first kappa shape index (κ1) is 11.9. The number of nitrogen functional groups attached to an aromatic ring is 1. The zero-order valence-corrected chi connectivity index (χ0v) is 10.4. The van der Waals surface area contributed by atoms with E-state index in [1.54, 1.807) is 12.3 Å². The molecule has 0 aliphatic carbocycles. The highest BCUT2D eigenvalue weighted by Gasteiger charge is 2.09. The Kier molecular flexibility index (Phi) is 2.90. The maximum Gasteiger partial charge on any atom is 0.244 e. The van der Waals surface area contributed by atoms with Gasteiger partial charge in [0.05, 0.1) is 17.3 Å². The number of hydrogen-bond donors (Lipinski definition) is 1. The van der Waals surface area contributed by atoms with E-state index in [-0.39, 0.29) is 11.6 Å². The number of aromatic nitrogens is 2. The summed E-state index contributed by atoms with van der Waals surface area (Å²) in [6.45, 7) is 0. The Bertz CT molecular complexity index is 823. The summed E-state index contributed by atoms with van der Waals surface area (Å²) in [6.07, 6.45) is 3.08. The second-order valence-electron chi connectivity index (χ2n) is 4.15. The molecule has 5 nitrogen and oxygen atoms in total. The van der Waals surface area contributed by atoms with E-state index < -0.39 is 0 Å². The molecule has 96 valence electrons. The van der Waals surface area contributed by atoms with Crippen LogP contribution in [-0.4, -0.2) is 9.97 Å². The second kappa shape index (κ2) is 4.86. The molecule has 5 heteroatoms. The van der Waals surface area contributed by atoms with Crippen molar-refractivity contribution < 1.29 is 4.74 Å². The van der Waals surface area contributed by atoms with Gasteiger partial charge in [0.2, 0.25) is 5.88 Å². The predicted molar refractivity (Wildman–Crippen MR) is 75.2 cm³/mol. The molecule has 2 aromatic heterocycles. The van der Waals surface area contributed by atoms with E-state index in [0.29, 0.717) is 11.3 Å². The topological polar surface area (TPSA) is 84.8 Å². The summed E-state index contributed by atoms with van der Waals surface area (Å²) < 4.78 is 5.61. The number of pyridine rings is 2. The lowest BCUT2D eigenvalue weighted by Crippen LogP contribution is -1.98. The predicted octanol–water partition coefficient (Wildman–Crippen LogP) is 2.88. The third kappa shape index (κ3) is 2.10. The van der Waals surface area contributed by atoms with Crippen molar-refractivity contribution in [1.82, 2.24) is 9.97 Å². The molecular weight excluding hydrogens is 252 g/mol. The van der Waals surface area contributed by atoms with Crippen molar-refractivity contribution in [2.75, 3.05) is 5.73 Å². The zero-order valence-electron chi connectivity index (χ0n) is 10.4. The van der Waals surface area contributed by atoms with Gasteiger partial charge < -0.3 is 10.5 Å². The molecule has 0 aliphatic heterocycles. The number of fused-ring (bicyclic) bond motifs is 1. The number of ether oxygens (including phenoxy) is 1. The summed E-state index contributed by atoms with van der Waals surface area (Å²) in [5.41, 5.74) is 7.27. The van der Waals surface area contributed by atoms with E-state index in [2.05, 4.69) is 9.97 Å². The molecule has 0 saturated carbocycles. The van der Waals surface area contributed by atoms with Crippen LogP contribution in [0.3, 0.4) is 0 Å². The SMILES string of the molecule is N#Cc1ccnc(Oc2cnc3ccccc3c2)c1N. The van der Waals surface area contributed by atoms with Crippen LogP contribution < -0.4 is 10.5 Å². The van der Waals surface area contributed by atoms with E-state index in [1.807, 2.05) is 36.4 Å². The molecule has 2 heterocycles. The summed E-state index contributed by atoms with van der Waals surface area (Å²) in [5.74, 6) is 0.735. The molecule has 0 amide bonds. The van der Waals surface area contributed by atoms with Crippen molar-refractivity contribution in [2.45, 2.75) is 0 Å². The van der Waals surface area contributed by atoms with Crippen LogP contribution in [0.4, 0.5) is 5.69 Å². The lowest BCUT2D eigenvalue weighted by molar-refractivity contribution is 0.464. The normalized spacial score (nSPS) is 10.2. The molecule has 20 heavy (non-hydrogen) atoms. The van der Waals surface area contributed by atoms with Gasteiger partial charge in [0.25, 0.3) is 0 Å². The Morgan fingerprint density at radius 2 is 2.00 bits per heavy atom. The van der Waals surface area contributed by atoms with Crippen LogP contribution in [-0.2, 0) is 0 Å². The maximum atomic E-state index is 8.92. The minimum atomic E-state index is 0.209. The lowest BCUT2D eigenvalue weighted by atomic mass is 10.2. The average molecular weight is 262 g/mol. The van der Waals surface area contributed by atoms with E-state index in [9.17, 15) is 0 Å². The molecule has 2 N–H and O–H groups in total. The Hall–Kier alpha value is -3.13. The van der Waals surface area contributed by atoms with Crippen LogP contribution in [0.5, 0.6) is 11.6 Å². The quantitative estimate of drug-likeness (QED) is 0.767. The van der Waals surface area contributed by atoms with Crippen LogP contribution in [0.25, 0.3) is 10.9 Å². The van der Waals surface area contributed by atoms with E-state index in [0.717, 1.165) is 10.9 Å². The first-order chi connectivity index (χ1) is 9.78. The summed E-state index contributed by atoms with van der Waals surface area (Å²) in [4.78, 5) is 8.33.